The molecule has 0 bridgehead atoms. The molecule has 3 rings (SSSR count). The molecule has 0 amide bonds. The monoisotopic (exact) mass is 400 g/mol. The summed E-state index contributed by atoms with van der Waals surface area (Å²) in [7, 11) is -3.35. The molecule has 0 aliphatic rings. The molecule has 0 aromatic heterocycles. The van der Waals surface area contributed by atoms with E-state index in [1.807, 2.05) is 60.7 Å². The summed E-state index contributed by atoms with van der Waals surface area (Å²) in [6, 6.07) is 26.5. The maximum Gasteiger partial charge on any atom is 0.179 e. The zero-order valence-corrected chi connectivity index (χ0v) is 15.4. The molecule has 0 heterocycles. The normalized spacial score (nSPS) is 12.7. The van der Waals surface area contributed by atoms with Crippen molar-refractivity contribution in [3.8, 4) is 11.1 Å². The van der Waals surface area contributed by atoms with Crippen LogP contribution in [0.15, 0.2) is 89.8 Å². The van der Waals surface area contributed by atoms with Gasteiger partial charge in [-0.15, -0.1) is 0 Å². The molecule has 24 heavy (non-hydrogen) atoms. The quantitative estimate of drug-likeness (QED) is 0.547. The lowest BCUT2D eigenvalue weighted by Gasteiger charge is -2.16. The van der Waals surface area contributed by atoms with Gasteiger partial charge < -0.3 is 0 Å². The third-order valence-corrected chi connectivity index (χ3v) is 6.86. The largest absolute Gasteiger partial charge is 0.224 e. The lowest BCUT2D eigenvalue weighted by atomic mass is 9.98. The standard InChI is InChI=1S/C20H17BrO2S/c21-20(15-24(22,23)17-11-5-2-6-12-17)19-14-8-7-13-18(19)16-9-3-1-4-10-16/h1-14,20H,15H2. The molecule has 0 radical (unpaired) electrons. The van der Waals surface area contributed by atoms with Gasteiger partial charge >= 0.3 is 0 Å². The molecule has 2 nitrogen and oxygen atoms in total. The highest BCUT2D eigenvalue weighted by Crippen LogP contribution is 2.34. The summed E-state index contributed by atoms with van der Waals surface area (Å²) in [5.74, 6) is 0.0147. The first-order valence-electron chi connectivity index (χ1n) is 7.64. The molecule has 122 valence electrons. The van der Waals surface area contributed by atoms with E-state index in [2.05, 4.69) is 15.9 Å². The van der Waals surface area contributed by atoms with E-state index in [1.54, 1.807) is 24.3 Å². The van der Waals surface area contributed by atoms with E-state index in [-0.39, 0.29) is 10.6 Å². The van der Waals surface area contributed by atoms with E-state index < -0.39 is 9.84 Å². The number of sulfone groups is 1. The Bertz CT molecular complexity index is 907. The number of alkyl halides is 1. The van der Waals surface area contributed by atoms with Gasteiger partial charge in [0, 0.05) is 0 Å². The number of rotatable bonds is 5. The molecule has 1 atom stereocenters. The predicted octanol–water partition coefficient (Wildman–Crippen LogP) is 5.26. The number of hydrogen-bond donors (Lipinski definition) is 0. The molecule has 0 saturated heterocycles. The highest BCUT2D eigenvalue weighted by molar-refractivity contribution is 9.09. The second-order valence-electron chi connectivity index (χ2n) is 5.52. The molecule has 0 N–H and O–H groups in total. The molecule has 1 unspecified atom stereocenters. The molecule has 4 heteroatoms. The van der Waals surface area contributed by atoms with Gasteiger partial charge in [-0.05, 0) is 28.8 Å². The summed E-state index contributed by atoms with van der Waals surface area (Å²) in [6.45, 7) is 0. The Morgan fingerprint density at radius 1 is 0.750 bits per heavy atom. The first kappa shape index (κ1) is 16.9. The summed E-state index contributed by atoms with van der Waals surface area (Å²) < 4.78 is 25.3. The Labute approximate surface area is 151 Å². The highest BCUT2D eigenvalue weighted by atomic mass is 79.9. The van der Waals surface area contributed by atoms with Crippen LogP contribution in [0, 0.1) is 0 Å². The van der Waals surface area contributed by atoms with Gasteiger partial charge in [0.1, 0.15) is 0 Å². The average molecular weight is 401 g/mol. The Kier molecular flexibility index (Phi) is 5.17. The minimum Gasteiger partial charge on any atom is -0.224 e. The van der Waals surface area contributed by atoms with Crippen molar-refractivity contribution >= 4 is 25.8 Å². The second kappa shape index (κ2) is 7.32. The van der Waals surface area contributed by atoms with Crippen LogP contribution in [-0.2, 0) is 9.84 Å². The van der Waals surface area contributed by atoms with E-state index in [0.717, 1.165) is 16.7 Å². The third-order valence-electron chi connectivity index (χ3n) is 3.85. The van der Waals surface area contributed by atoms with Crippen molar-refractivity contribution in [3.63, 3.8) is 0 Å². The van der Waals surface area contributed by atoms with Gasteiger partial charge in [-0.25, -0.2) is 8.42 Å². The van der Waals surface area contributed by atoms with Gasteiger partial charge in [-0.2, -0.15) is 0 Å². The van der Waals surface area contributed by atoms with Crippen LogP contribution in [-0.4, -0.2) is 14.2 Å². The van der Waals surface area contributed by atoms with Gasteiger partial charge in [0.05, 0.1) is 15.5 Å². The maximum atomic E-state index is 12.6. The highest BCUT2D eigenvalue weighted by Gasteiger charge is 2.22. The molecule has 0 saturated carbocycles. The zero-order chi connectivity index (χ0) is 17.0. The molecule has 3 aromatic carbocycles. The van der Waals surface area contributed by atoms with Crippen LogP contribution in [0.2, 0.25) is 0 Å². The number of halogens is 1. The lowest BCUT2D eigenvalue weighted by Crippen LogP contribution is -2.12. The van der Waals surface area contributed by atoms with Crippen LogP contribution in [0.5, 0.6) is 0 Å². The van der Waals surface area contributed by atoms with Crippen molar-refractivity contribution in [1.29, 1.82) is 0 Å². The van der Waals surface area contributed by atoms with E-state index in [4.69, 9.17) is 0 Å². The number of hydrogen-bond acceptors (Lipinski definition) is 2. The van der Waals surface area contributed by atoms with Gasteiger partial charge in [0.15, 0.2) is 9.84 Å². The average Bonchev–Trinajstić information content (AvgIpc) is 2.63. The molecular weight excluding hydrogens is 384 g/mol. The summed E-state index contributed by atoms with van der Waals surface area (Å²) in [6.07, 6.45) is 0. The SMILES string of the molecule is O=S(=O)(CC(Br)c1ccccc1-c1ccccc1)c1ccccc1. The van der Waals surface area contributed by atoms with Gasteiger partial charge in [-0.1, -0.05) is 88.7 Å². The van der Waals surface area contributed by atoms with E-state index in [9.17, 15) is 8.42 Å². The Morgan fingerprint density at radius 2 is 1.29 bits per heavy atom. The molecule has 3 aromatic rings. The van der Waals surface area contributed by atoms with Gasteiger partial charge in [-0.3, -0.25) is 0 Å². The van der Waals surface area contributed by atoms with Crippen molar-refractivity contribution in [2.24, 2.45) is 0 Å². The number of benzene rings is 3. The Morgan fingerprint density at radius 3 is 1.96 bits per heavy atom. The minimum absolute atomic E-state index is 0.0147. The van der Waals surface area contributed by atoms with Gasteiger partial charge in [0.2, 0.25) is 0 Å². The zero-order valence-electron chi connectivity index (χ0n) is 13.0. The molecular formula is C20H17BrO2S. The maximum absolute atomic E-state index is 12.6. The van der Waals surface area contributed by atoms with Crippen LogP contribution in [0.25, 0.3) is 11.1 Å². The van der Waals surface area contributed by atoms with Crippen LogP contribution < -0.4 is 0 Å². The fourth-order valence-corrected chi connectivity index (χ4v) is 5.43. The van der Waals surface area contributed by atoms with Crippen molar-refractivity contribution in [3.05, 3.63) is 90.5 Å². The fraction of sp³-hybridized carbons (Fsp3) is 0.100. The predicted molar refractivity (Wildman–Crippen MR) is 102 cm³/mol. The lowest BCUT2D eigenvalue weighted by molar-refractivity contribution is 0.595. The topological polar surface area (TPSA) is 34.1 Å². The van der Waals surface area contributed by atoms with Crippen LogP contribution >= 0.6 is 15.9 Å². The summed E-state index contributed by atoms with van der Waals surface area (Å²) in [5.41, 5.74) is 3.10. The van der Waals surface area contributed by atoms with Crippen molar-refractivity contribution in [2.45, 2.75) is 9.72 Å². The van der Waals surface area contributed by atoms with Crippen LogP contribution in [0.4, 0.5) is 0 Å². The van der Waals surface area contributed by atoms with Crippen molar-refractivity contribution in [2.75, 3.05) is 5.75 Å². The Balaban J connectivity index is 1.93. The van der Waals surface area contributed by atoms with Crippen molar-refractivity contribution < 1.29 is 8.42 Å². The molecule has 0 aliphatic carbocycles. The summed E-state index contributed by atoms with van der Waals surface area (Å²) >= 11 is 3.59. The first-order valence-corrected chi connectivity index (χ1v) is 10.2. The van der Waals surface area contributed by atoms with E-state index >= 15 is 0 Å². The third kappa shape index (κ3) is 3.77. The minimum atomic E-state index is -3.35. The summed E-state index contributed by atoms with van der Waals surface area (Å²) in [5, 5.41) is 0. The van der Waals surface area contributed by atoms with Crippen LogP contribution in [0.1, 0.15) is 10.4 Å². The smallest absolute Gasteiger partial charge is 0.179 e. The van der Waals surface area contributed by atoms with Gasteiger partial charge in [0.25, 0.3) is 0 Å². The van der Waals surface area contributed by atoms with Crippen LogP contribution in [0.3, 0.4) is 0 Å². The fourth-order valence-electron chi connectivity index (χ4n) is 2.66. The van der Waals surface area contributed by atoms with Crippen molar-refractivity contribution in [1.82, 2.24) is 0 Å². The van der Waals surface area contributed by atoms with E-state index in [1.165, 1.54) is 0 Å². The molecule has 0 spiro atoms. The summed E-state index contributed by atoms with van der Waals surface area (Å²) in [4.78, 5) is 0.0748. The molecule has 0 fully saturated rings. The molecule has 0 aliphatic heterocycles. The Hall–Kier alpha value is -1.91. The second-order valence-corrected chi connectivity index (χ2v) is 8.65. The van der Waals surface area contributed by atoms with E-state index in [0.29, 0.717) is 4.90 Å². The first-order chi connectivity index (χ1) is 11.6.